The Morgan fingerprint density at radius 3 is 2.53 bits per heavy atom. The second kappa shape index (κ2) is 6.37. The molecule has 0 aliphatic carbocycles. The van der Waals surface area contributed by atoms with Crippen LogP contribution in [0, 0.1) is 13.8 Å². The van der Waals surface area contributed by atoms with E-state index in [9.17, 15) is 0 Å². The Labute approximate surface area is 115 Å². The summed E-state index contributed by atoms with van der Waals surface area (Å²) >= 11 is 0. The summed E-state index contributed by atoms with van der Waals surface area (Å²) in [5, 5.41) is 3.35. The van der Waals surface area contributed by atoms with Crippen molar-refractivity contribution in [2.24, 2.45) is 0 Å². The fourth-order valence-electron chi connectivity index (χ4n) is 2.54. The number of hydrogen-bond donors (Lipinski definition) is 1. The van der Waals surface area contributed by atoms with Crippen LogP contribution in [0.15, 0.2) is 12.1 Å². The predicted octanol–water partition coefficient (Wildman–Crippen LogP) is 2.34. The Kier molecular flexibility index (Phi) is 4.80. The van der Waals surface area contributed by atoms with Gasteiger partial charge in [-0.1, -0.05) is 6.07 Å². The summed E-state index contributed by atoms with van der Waals surface area (Å²) in [7, 11) is 3.68. The molecule has 0 saturated carbocycles. The normalized spacial score (nSPS) is 17.7. The number of rotatable bonds is 5. The van der Waals surface area contributed by atoms with Gasteiger partial charge in [-0.15, -0.1) is 0 Å². The first kappa shape index (κ1) is 14.3. The maximum atomic E-state index is 5.53. The summed E-state index contributed by atoms with van der Waals surface area (Å²) in [4.78, 5) is 0. The second-order valence-corrected chi connectivity index (χ2v) is 4.93. The van der Waals surface area contributed by atoms with Crippen LogP contribution in [0.3, 0.4) is 0 Å². The number of nitrogens with one attached hydrogen (secondary N) is 1. The molecule has 1 saturated heterocycles. The highest BCUT2D eigenvalue weighted by molar-refractivity contribution is 5.42. The molecule has 1 aliphatic rings. The van der Waals surface area contributed by atoms with Gasteiger partial charge in [-0.2, -0.15) is 0 Å². The van der Waals surface area contributed by atoms with E-state index >= 15 is 0 Å². The van der Waals surface area contributed by atoms with Crippen LogP contribution in [-0.4, -0.2) is 33.7 Å². The van der Waals surface area contributed by atoms with Crippen LogP contribution in [0.25, 0.3) is 0 Å². The Morgan fingerprint density at radius 2 is 1.95 bits per heavy atom. The predicted molar refractivity (Wildman–Crippen MR) is 74.6 cm³/mol. The summed E-state index contributed by atoms with van der Waals surface area (Å²) in [5.74, 6) is 0.935. The molecule has 1 unspecified atom stereocenters. The van der Waals surface area contributed by atoms with Gasteiger partial charge in [0.05, 0.1) is 20.3 Å². The quantitative estimate of drug-likeness (QED) is 0.887. The molecule has 1 aliphatic heterocycles. The van der Waals surface area contributed by atoms with Gasteiger partial charge in [0.25, 0.3) is 0 Å². The maximum Gasteiger partial charge on any atom is 0.159 e. The Balaban J connectivity index is 2.19. The van der Waals surface area contributed by atoms with E-state index in [4.69, 9.17) is 14.2 Å². The zero-order valence-corrected chi connectivity index (χ0v) is 12.2. The number of aryl methyl sites for hydroxylation is 2. The van der Waals surface area contributed by atoms with Gasteiger partial charge < -0.3 is 19.5 Å². The molecule has 0 aromatic heterocycles. The molecule has 1 atom stereocenters. The molecule has 1 aromatic carbocycles. The van der Waals surface area contributed by atoms with Crippen molar-refractivity contribution in [3.63, 3.8) is 0 Å². The Morgan fingerprint density at radius 1 is 1.26 bits per heavy atom. The minimum Gasteiger partial charge on any atom is -0.496 e. The highest BCUT2D eigenvalue weighted by Gasteiger charge is 2.23. The zero-order valence-electron chi connectivity index (χ0n) is 12.2. The lowest BCUT2D eigenvalue weighted by Gasteiger charge is -2.22. The van der Waals surface area contributed by atoms with Crippen molar-refractivity contribution in [3.8, 4) is 5.75 Å². The fourth-order valence-corrected chi connectivity index (χ4v) is 2.54. The average Bonchev–Trinajstić information content (AvgIpc) is 2.91. The van der Waals surface area contributed by atoms with Gasteiger partial charge >= 0.3 is 0 Å². The van der Waals surface area contributed by atoms with E-state index in [0.717, 1.165) is 17.7 Å². The summed E-state index contributed by atoms with van der Waals surface area (Å²) in [6.07, 6.45) is 0.725. The largest absolute Gasteiger partial charge is 0.496 e. The molecule has 0 amide bonds. The maximum absolute atomic E-state index is 5.53. The lowest BCUT2D eigenvalue weighted by atomic mass is 9.96. The Bertz CT molecular complexity index is 428. The van der Waals surface area contributed by atoms with E-state index in [1.54, 1.807) is 7.11 Å². The van der Waals surface area contributed by atoms with E-state index < -0.39 is 0 Å². The van der Waals surface area contributed by atoms with Crippen molar-refractivity contribution >= 4 is 0 Å². The minimum atomic E-state index is -0.0979. The number of methoxy groups -OCH3 is 1. The first-order chi connectivity index (χ1) is 9.15. The summed E-state index contributed by atoms with van der Waals surface area (Å²) in [6, 6.07) is 4.50. The van der Waals surface area contributed by atoms with Crippen molar-refractivity contribution in [1.82, 2.24) is 5.32 Å². The first-order valence-corrected chi connectivity index (χ1v) is 6.71. The van der Waals surface area contributed by atoms with Crippen LogP contribution in [0.2, 0.25) is 0 Å². The van der Waals surface area contributed by atoms with Crippen LogP contribution >= 0.6 is 0 Å². The molecule has 2 rings (SSSR count). The molecule has 0 bridgehead atoms. The first-order valence-electron chi connectivity index (χ1n) is 6.71. The van der Waals surface area contributed by atoms with Crippen LogP contribution in [-0.2, 0) is 9.47 Å². The van der Waals surface area contributed by atoms with Crippen molar-refractivity contribution in [2.45, 2.75) is 32.6 Å². The molecule has 1 heterocycles. The minimum absolute atomic E-state index is 0.0979. The molecular weight excluding hydrogens is 242 g/mol. The van der Waals surface area contributed by atoms with Crippen molar-refractivity contribution in [1.29, 1.82) is 0 Å². The van der Waals surface area contributed by atoms with Crippen LogP contribution in [0.5, 0.6) is 5.75 Å². The molecule has 0 radical (unpaired) electrons. The topological polar surface area (TPSA) is 39.7 Å². The number of ether oxygens (including phenoxy) is 3. The molecule has 4 heteroatoms. The van der Waals surface area contributed by atoms with Gasteiger partial charge in [0.15, 0.2) is 6.29 Å². The van der Waals surface area contributed by atoms with E-state index in [1.807, 2.05) is 7.05 Å². The van der Waals surface area contributed by atoms with Crippen molar-refractivity contribution in [3.05, 3.63) is 28.8 Å². The molecule has 1 aromatic rings. The second-order valence-electron chi connectivity index (χ2n) is 4.93. The third-order valence-corrected chi connectivity index (χ3v) is 3.63. The van der Waals surface area contributed by atoms with E-state index in [2.05, 4.69) is 31.3 Å². The third-order valence-electron chi connectivity index (χ3n) is 3.63. The molecule has 1 fully saturated rings. The average molecular weight is 265 g/mol. The molecule has 1 N–H and O–H groups in total. The summed E-state index contributed by atoms with van der Waals surface area (Å²) < 4.78 is 16.4. The molecule has 0 spiro atoms. The SMILES string of the molecule is CNC(CC1OCCO1)c1cc(C)c(OC)cc1C. The van der Waals surface area contributed by atoms with Gasteiger partial charge in [0.2, 0.25) is 0 Å². The Hall–Kier alpha value is -1.10. The van der Waals surface area contributed by atoms with Crippen molar-refractivity contribution < 1.29 is 14.2 Å². The monoisotopic (exact) mass is 265 g/mol. The van der Waals surface area contributed by atoms with E-state index in [0.29, 0.717) is 13.2 Å². The lowest BCUT2D eigenvalue weighted by molar-refractivity contribution is -0.0526. The number of hydrogen-bond acceptors (Lipinski definition) is 4. The molecular formula is C15H23NO3. The van der Waals surface area contributed by atoms with Gasteiger partial charge in [-0.3, -0.25) is 0 Å². The van der Waals surface area contributed by atoms with E-state index in [1.165, 1.54) is 11.1 Å². The highest BCUT2D eigenvalue weighted by Crippen LogP contribution is 2.29. The number of benzene rings is 1. The van der Waals surface area contributed by atoms with Gasteiger partial charge in [-0.25, -0.2) is 0 Å². The van der Waals surface area contributed by atoms with E-state index in [-0.39, 0.29) is 12.3 Å². The van der Waals surface area contributed by atoms with Crippen molar-refractivity contribution in [2.75, 3.05) is 27.4 Å². The summed E-state index contributed by atoms with van der Waals surface area (Å²) in [5.41, 5.74) is 3.65. The standard InChI is InChI=1S/C15H23NO3/c1-10-8-14(17-4)11(2)7-12(10)13(16-3)9-15-18-5-6-19-15/h7-8,13,15-16H,5-6,9H2,1-4H3. The summed E-state index contributed by atoms with van der Waals surface area (Å²) in [6.45, 7) is 5.57. The highest BCUT2D eigenvalue weighted by atomic mass is 16.7. The molecule has 4 nitrogen and oxygen atoms in total. The third kappa shape index (κ3) is 3.26. The fraction of sp³-hybridized carbons (Fsp3) is 0.600. The smallest absolute Gasteiger partial charge is 0.159 e. The van der Waals surface area contributed by atoms with Gasteiger partial charge in [-0.05, 0) is 43.7 Å². The van der Waals surface area contributed by atoms with Gasteiger partial charge in [0.1, 0.15) is 5.75 Å². The van der Waals surface area contributed by atoms with Crippen LogP contribution in [0.1, 0.15) is 29.2 Å². The lowest BCUT2D eigenvalue weighted by Crippen LogP contribution is -2.23. The van der Waals surface area contributed by atoms with Gasteiger partial charge in [0, 0.05) is 12.5 Å². The molecule has 106 valence electrons. The van der Waals surface area contributed by atoms with Crippen LogP contribution in [0.4, 0.5) is 0 Å². The van der Waals surface area contributed by atoms with Crippen LogP contribution < -0.4 is 10.1 Å². The molecule has 19 heavy (non-hydrogen) atoms. The zero-order chi connectivity index (χ0) is 13.8.